The number of aliphatic hydroxyl groups excluding tert-OH is 2. The van der Waals surface area contributed by atoms with Crippen molar-refractivity contribution in [2.75, 3.05) is 13.2 Å². The summed E-state index contributed by atoms with van der Waals surface area (Å²) in [6.07, 6.45) is 97.4. The van der Waals surface area contributed by atoms with Crippen molar-refractivity contribution in [2.45, 2.75) is 463 Å². The van der Waals surface area contributed by atoms with E-state index in [9.17, 15) is 19.8 Å². The van der Waals surface area contributed by atoms with Gasteiger partial charge in [-0.2, -0.15) is 0 Å². The molecule has 2 unspecified atom stereocenters. The molecular weight excluding hydrogens is 1050 g/mol. The molecule has 1 amide bonds. The van der Waals surface area contributed by atoms with Gasteiger partial charge >= 0.3 is 5.97 Å². The zero-order valence-electron chi connectivity index (χ0n) is 58.6. The Bertz CT molecular complexity index is 1350. The fourth-order valence-corrected chi connectivity index (χ4v) is 12.7. The minimum Gasteiger partial charge on any atom is -0.466 e. The Balaban J connectivity index is 3.33. The van der Waals surface area contributed by atoms with Crippen molar-refractivity contribution >= 4 is 11.9 Å². The number of hydrogen-bond acceptors (Lipinski definition) is 5. The quantitative estimate of drug-likeness (QED) is 0.0320. The Kier molecular flexibility index (Phi) is 74.3. The summed E-state index contributed by atoms with van der Waals surface area (Å²) in [4.78, 5) is 24.6. The van der Waals surface area contributed by atoms with Crippen molar-refractivity contribution in [3.63, 3.8) is 0 Å². The van der Waals surface area contributed by atoms with Crippen molar-refractivity contribution in [1.82, 2.24) is 5.32 Å². The molecule has 3 N–H and O–H groups in total. The average molecular weight is 1210 g/mol. The van der Waals surface area contributed by atoms with Crippen LogP contribution in [0.3, 0.4) is 0 Å². The number of ether oxygens (including phenoxy) is 1. The van der Waals surface area contributed by atoms with Crippen LogP contribution in [0.5, 0.6) is 0 Å². The van der Waals surface area contributed by atoms with Gasteiger partial charge in [0.15, 0.2) is 0 Å². The lowest BCUT2D eigenvalue weighted by Gasteiger charge is -2.20. The van der Waals surface area contributed by atoms with Gasteiger partial charge in [-0.3, -0.25) is 9.59 Å². The minimum absolute atomic E-state index is 0.0251. The van der Waals surface area contributed by atoms with E-state index in [0.717, 1.165) is 38.5 Å². The van der Waals surface area contributed by atoms with Gasteiger partial charge in [-0.1, -0.05) is 404 Å². The molecule has 0 saturated heterocycles. The first kappa shape index (κ1) is 84.3. The number of rotatable bonds is 75. The van der Waals surface area contributed by atoms with Crippen LogP contribution >= 0.6 is 0 Å². The summed E-state index contributed by atoms with van der Waals surface area (Å²) in [5.41, 5.74) is 0. The van der Waals surface area contributed by atoms with Gasteiger partial charge in [-0.25, -0.2) is 0 Å². The maximum atomic E-state index is 12.5. The second-order valence-electron chi connectivity index (χ2n) is 27.4. The first-order valence-corrected chi connectivity index (χ1v) is 39.6. The molecule has 0 aromatic heterocycles. The molecule has 0 heterocycles. The van der Waals surface area contributed by atoms with Gasteiger partial charge in [-0.05, 0) is 57.8 Å². The highest BCUT2D eigenvalue weighted by atomic mass is 16.5. The molecule has 0 aliphatic rings. The summed E-state index contributed by atoms with van der Waals surface area (Å²) >= 11 is 0. The summed E-state index contributed by atoms with van der Waals surface area (Å²) in [5.74, 6) is -0.0351. The molecule has 0 radical (unpaired) electrons. The maximum absolute atomic E-state index is 12.5. The first-order chi connectivity index (χ1) is 42.5. The Labute approximate surface area is 539 Å². The van der Waals surface area contributed by atoms with Gasteiger partial charge in [0.05, 0.1) is 25.4 Å². The molecular formula is C80H155NO5. The Morgan fingerprint density at radius 1 is 0.314 bits per heavy atom. The van der Waals surface area contributed by atoms with Crippen molar-refractivity contribution in [3.8, 4) is 0 Å². The highest BCUT2D eigenvalue weighted by Gasteiger charge is 2.18. The van der Waals surface area contributed by atoms with Crippen LogP contribution in [0.1, 0.15) is 450 Å². The van der Waals surface area contributed by atoms with Gasteiger partial charge in [0, 0.05) is 12.8 Å². The van der Waals surface area contributed by atoms with Crippen LogP contribution < -0.4 is 5.32 Å². The van der Waals surface area contributed by atoms with Crippen LogP contribution in [0.15, 0.2) is 24.3 Å². The third-order valence-electron chi connectivity index (χ3n) is 18.7. The molecule has 510 valence electrons. The molecule has 0 saturated carbocycles. The Morgan fingerprint density at radius 3 is 0.826 bits per heavy atom. The highest BCUT2D eigenvalue weighted by molar-refractivity contribution is 5.76. The third kappa shape index (κ3) is 71.4. The molecule has 0 aromatic rings. The van der Waals surface area contributed by atoms with Crippen molar-refractivity contribution in [1.29, 1.82) is 0 Å². The molecule has 0 fully saturated rings. The molecule has 0 aromatic carbocycles. The van der Waals surface area contributed by atoms with Gasteiger partial charge < -0.3 is 20.3 Å². The van der Waals surface area contributed by atoms with Crippen LogP contribution in [-0.2, 0) is 14.3 Å². The Hall–Kier alpha value is -1.66. The van der Waals surface area contributed by atoms with Crippen molar-refractivity contribution < 1.29 is 24.5 Å². The summed E-state index contributed by atoms with van der Waals surface area (Å²) in [5, 5.41) is 23.2. The number of carbonyl (C=O) groups excluding carboxylic acids is 2. The molecule has 6 heteroatoms. The standard InChI is InChI=1S/C80H155NO5/c1-3-5-7-9-11-13-15-17-19-41-45-48-52-56-60-64-68-72-78(83)77(76-82)81-79(84)73-69-65-61-57-53-49-46-42-39-37-35-33-31-29-27-25-23-21-20-22-24-26-28-30-32-34-36-38-40-43-47-51-55-59-63-67-71-75-86-80(85)74-70-66-62-58-54-50-44-18-16-14-12-10-8-6-4-2/h20,22,68,72,77-78,82-83H,3-19,21,23-67,69-71,73-76H2,1-2H3,(H,81,84)/b22-20-,72-68+. The Morgan fingerprint density at radius 2 is 0.547 bits per heavy atom. The number of esters is 1. The molecule has 0 spiro atoms. The largest absolute Gasteiger partial charge is 0.466 e. The second kappa shape index (κ2) is 75.8. The van der Waals surface area contributed by atoms with E-state index in [2.05, 4.69) is 31.3 Å². The monoisotopic (exact) mass is 1210 g/mol. The predicted molar refractivity (Wildman–Crippen MR) is 380 cm³/mol. The molecule has 0 aliphatic carbocycles. The molecule has 6 nitrogen and oxygen atoms in total. The van der Waals surface area contributed by atoms with Crippen LogP contribution in [0.25, 0.3) is 0 Å². The second-order valence-corrected chi connectivity index (χ2v) is 27.4. The topological polar surface area (TPSA) is 95.9 Å². The maximum Gasteiger partial charge on any atom is 0.305 e. The van der Waals surface area contributed by atoms with Gasteiger partial charge in [-0.15, -0.1) is 0 Å². The summed E-state index contributed by atoms with van der Waals surface area (Å²) in [7, 11) is 0. The summed E-state index contributed by atoms with van der Waals surface area (Å²) in [6.45, 7) is 4.96. The van der Waals surface area contributed by atoms with Crippen molar-refractivity contribution in [3.05, 3.63) is 24.3 Å². The van der Waals surface area contributed by atoms with Crippen LogP contribution in [0, 0.1) is 0 Å². The van der Waals surface area contributed by atoms with Gasteiger partial charge in [0.25, 0.3) is 0 Å². The summed E-state index contributed by atoms with van der Waals surface area (Å²) in [6, 6.07) is -0.625. The van der Waals surface area contributed by atoms with E-state index in [1.54, 1.807) is 6.08 Å². The predicted octanol–water partition coefficient (Wildman–Crippen LogP) is 26.0. The van der Waals surface area contributed by atoms with E-state index in [4.69, 9.17) is 4.74 Å². The van der Waals surface area contributed by atoms with Gasteiger partial charge in [0.2, 0.25) is 5.91 Å². The van der Waals surface area contributed by atoms with E-state index >= 15 is 0 Å². The number of allylic oxidation sites excluding steroid dienone is 3. The van der Waals surface area contributed by atoms with Gasteiger partial charge in [0.1, 0.15) is 0 Å². The SMILES string of the molecule is CCCCCCCCCCCCCCCCC/C=C/C(O)C(CO)NC(=O)CCCCCCCCCCCCCCCCCCC/C=C\CCCCCCCCCCCCCCCCCCOC(=O)CCCCCCCCCCCCCCCCC. The number of carbonyl (C=O) groups is 2. The fourth-order valence-electron chi connectivity index (χ4n) is 12.7. The molecule has 2 atom stereocenters. The van der Waals surface area contributed by atoms with E-state index in [-0.39, 0.29) is 18.5 Å². The lowest BCUT2D eigenvalue weighted by atomic mass is 10.0. The van der Waals surface area contributed by atoms with Crippen LogP contribution in [0.2, 0.25) is 0 Å². The number of nitrogens with one attached hydrogen (secondary N) is 1. The zero-order valence-corrected chi connectivity index (χ0v) is 58.6. The first-order valence-electron chi connectivity index (χ1n) is 39.6. The number of amides is 1. The minimum atomic E-state index is -0.842. The average Bonchev–Trinajstić information content (AvgIpc) is 3.52. The fraction of sp³-hybridized carbons (Fsp3) is 0.925. The molecule has 86 heavy (non-hydrogen) atoms. The molecule has 0 aliphatic heterocycles. The summed E-state index contributed by atoms with van der Waals surface area (Å²) < 4.78 is 5.51. The third-order valence-corrected chi connectivity index (χ3v) is 18.7. The van der Waals surface area contributed by atoms with E-state index < -0.39 is 12.1 Å². The van der Waals surface area contributed by atoms with Crippen molar-refractivity contribution in [2.24, 2.45) is 0 Å². The number of aliphatic hydroxyl groups is 2. The lowest BCUT2D eigenvalue weighted by molar-refractivity contribution is -0.143. The van der Waals surface area contributed by atoms with E-state index in [1.807, 2.05) is 6.08 Å². The number of unbranched alkanes of at least 4 members (excludes halogenated alkanes) is 62. The molecule has 0 rings (SSSR count). The van der Waals surface area contributed by atoms with E-state index in [1.165, 1.54) is 385 Å². The zero-order chi connectivity index (χ0) is 62.0. The number of hydrogen-bond donors (Lipinski definition) is 3. The smallest absolute Gasteiger partial charge is 0.305 e. The van der Waals surface area contributed by atoms with Crippen LogP contribution in [-0.4, -0.2) is 47.4 Å². The normalized spacial score (nSPS) is 12.6. The molecule has 0 bridgehead atoms. The highest BCUT2D eigenvalue weighted by Crippen LogP contribution is 2.20. The van der Waals surface area contributed by atoms with E-state index in [0.29, 0.717) is 19.4 Å². The van der Waals surface area contributed by atoms with Crippen LogP contribution in [0.4, 0.5) is 0 Å². The lowest BCUT2D eigenvalue weighted by Crippen LogP contribution is -2.45.